The summed E-state index contributed by atoms with van der Waals surface area (Å²) in [5.41, 5.74) is 1.86. The number of allylic oxidation sites excluding steroid dienone is 1. The van der Waals surface area contributed by atoms with E-state index in [1.165, 1.54) is 31.2 Å². The van der Waals surface area contributed by atoms with Crippen LogP contribution in [0.1, 0.15) is 55.2 Å². The number of ether oxygens (including phenoxy) is 1. The van der Waals surface area contributed by atoms with Crippen LogP contribution in [0.15, 0.2) is 55.1 Å². The summed E-state index contributed by atoms with van der Waals surface area (Å²) in [6.07, 6.45) is 10.7. The minimum Gasteiger partial charge on any atom is -0.429 e. The van der Waals surface area contributed by atoms with Crippen molar-refractivity contribution in [1.29, 1.82) is 0 Å². The molecule has 3 aromatic rings. The number of hydrogen-bond donors (Lipinski definition) is 0. The van der Waals surface area contributed by atoms with E-state index in [-0.39, 0.29) is 24.2 Å². The molecule has 1 aliphatic carbocycles. The van der Waals surface area contributed by atoms with Crippen LogP contribution in [0.25, 0.3) is 10.8 Å². The third-order valence-electron chi connectivity index (χ3n) is 7.35. The minimum absolute atomic E-state index is 0.151. The minimum atomic E-state index is -3.32. The van der Waals surface area contributed by atoms with Gasteiger partial charge >= 0.3 is 6.61 Å². The normalized spacial score (nSPS) is 18.1. The van der Waals surface area contributed by atoms with Gasteiger partial charge in [0.05, 0.1) is 0 Å². The van der Waals surface area contributed by atoms with Crippen molar-refractivity contribution in [2.75, 3.05) is 0 Å². The van der Waals surface area contributed by atoms with Gasteiger partial charge in [-0.3, -0.25) is 0 Å². The number of aryl methyl sites for hydroxylation is 3. The average Bonchev–Trinajstić information content (AvgIpc) is 2.85. The molecular formula is C30H31F5O. The summed E-state index contributed by atoms with van der Waals surface area (Å²) < 4.78 is 71.7. The maximum Gasteiger partial charge on any atom is 0.387 e. The topological polar surface area (TPSA) is 9.23 Å². The van der Waals surface area contributed by atoms with E-state index in [4.69, 9.17) is 0 Å². The van der Waals surface area contributed by atoms with Crippen LogP contribution in [0.3, 0.4) is 0 Å². The lowest BCUT2D eigenvalue weighted by Crippen LogP contribution is -2.14. The number of alkyl halides is 2. The van der Waals surface area contributed by atoms with E-state index in [1.807, 2.05) is 24.3 Å². The Hall–Kier alpha value is -2.89. The lowest BCUT2D eigenvalue weighted by atomic mass is 9.78. The van der Waals surface area contributed by atoms with Gasteiger partial charge in [0.15, 0.2) is 17.4 Å². The van der Waals surface area contributed by atoms with Gasteiger partial charge in [0.1, 0.15) is 5.82 Å². The van der Waals surface area contributed by atoms with Crippen LogP contribution >= 0.6 is 0 Å². The van der Waals surface area contributed by atoms with Crippen molar-refractivity contribution in [1.82, 2.24) is 0 Å². The fourth-order valence-electron chi connectivity index (χ4n) is 5.33. The molecule has 0 N–H and O–H groups in total. The van der Waals surface area contributed by atoms with Gasteiger partial charge in [-0.25, -0.2) is 13.2 Å². The second-order valence-electron chi connectivity index (χ2n) is 9.81. The number of rotatable bonds is 10. The van der Waals surface area contributed by atoms with Crippen LogP contribution in [0.2, 0.25) is 0 Å². The average molecular weight is 503 g/mol. The van der Waals surface area contributed by atoms with Crippen molar-refractivity contribution in [2.45, 2.75) is 64.4 Å². The van der Waals surface area contributed by atoms with Crippen LogP contribution in [0.5, 0.6) is 5.75 Å². The molecule has 0 atom stereocenters. The van der Waals surface area contributed by atoms with Crippen molar-refractivity contribution in [3.05, 3.63) is 89.3 Å². The Bertz CT molecular complexity index is 1170. The molecule has 4 rings (SSSR count). The van der Waals surface area contributed by atoms with E-state index in [2.05, 4.69) is 11.3 Å². The molecule has 0 bridgehead atoms. The van der Waals surface area contributed by atoms with E-state index < -0.39 is 24.0 Å². The highest BCUT2D eigenvalue weighted by atomic mass is 19.3. The molecule has 6 heteroatoms. The number of fused-ring (bicyclic) bond motifs is 1. The zero-order valence-electron chi connectivity index (χ0n) is 20.2. The molecule has 192 valence electrons. The van der Waals surface area contributed by atoms with E-state index in [1.54, 1.807) is 12.1 Å². The van der Waals surface area contributed by atoms with Gasteiger partial charge in [-0.15, -0.1) is 6.58 Å². The lowest BCUT2D eigenvalue weighted by molar-refractivity contribution is -0.0546. The van der Waals surface area contributed by atoms with Crippen molar-refractivity contribution < 1.29 is 26.7 Å². The van der Waals surface area contributed by atoms with Crippen LogP contribution < -0.4 is 4.74 Å². The monoisotopic (exact) mass is 502 g/mol. The Kier molecular flexibility index (Phi) is 8.65. The molecule has 1 fully saturated rings. The first-order chi connectivity index (χ1) is 17.3. The largest absolute Gasteiger partial charge is 0.429 e. The highest BCUT2D eigenvalue weighted by Gasteiger charge is 2.20. The van der Waals surface area contributed by atoms with E-state index >= 15 is 4.39 Å². The SMILES string of the molecule is C=CCC1CCC(CCc2ccc3c(F)c(CCc4cc(F)c(OC(F)F)c(F)c4)ccc3c2)CC1. The van der Waals surface area contributed by atoms with E-state index in [0.717, 1.165) is 48.6 Å². The molecule has 3 aromatic carbocycles. The molecule has 36 heavy (non-hydrogen) atoms. The molecular weight excluding hydrogens is 471 g/mol. The van der Waals surface area contributed by atoms with Crippen molar-refractivity contribution in [2.24, 2.45) is 11.8 Å². The molecule has 0 spiro atoms. The summed E-state index contributed by atoms with van der Waals surface area (Å²) in [4.78, 5) is 0. The predicted molar refractivity (Wildman–Crippen MR) is 133 cm³/mol. The molecule has 0 saturated heterocycles. The number of hydrogen-bond acceptors (Lipinski definition) is 1. The molecule has 0 aromatic heterocycles. The van der Waals surface area contributed by atoms with Crippen molar-refractivity contribution >= 4 is 10.8 Å². The van der Waals surface area contributed by atoms with Gasteiger partial charge in [0.25, 0.3) is 0 Å². The highest BCUT2D eigenvalue weighted by Crippen LogP contribution is 2.34. The van der Waals surface area contributed by atoms with Gasteiger partial charge in [0, 0.05) is 5.39 Å². The van der Waals surface area contributed by atoms with Crippen LogP contribution in [-0.2, 0) is 19.3 Å². The Morgan fingerprint density at radius 2 is 1.53 bits per heavy atom. The van der Waals surface area contributed by atoms with Crippen LogP contribution in [-0.4, -0.2) is 6.61 Å². The van der Waals surface area contributed by atoms with Crippen molar-refractivity contribution in [3.8, 4) is 5.75 Å². The van der Waals surface area contributed by atoms with Gasteiger partial charge in [-0.2, -0.15) is 8.78 Å². The Morgan fingerprint density at radius 1 is 0.833 bits per heavy atom. The fraction of sp³-hybridized carbons (Fsp3) is 0.400. The fourth-order valence-corrected chi connectivity index (χ4v) is 5.33. The van der Waals surface area contributed by atoms with Crippen LogP contribution in [0, 0.1) is 29.3 Å². The Balaban J connectivity index is 1.38. The first kappa shape index (κ1) is 26.2. The second-order valence-corrected chi connectivity index (χ2v) is 9.81. The van der Waals surface area contributed by atoms with E-state index in [0.29, 0.717) is 10.9 Å². The van der Waals surface area contributed by atoms with Gasteiger partial charge in [-0.1, -0.05) is 49.2 Å². The van der Waals surface area contributed by atoms with E-state index in [9.17, 15) is 17.6 Å². The first-order valence-electron chi connectivity index (χ1n) is 12.6. The zero-order valence-corrected chi connectivity index (χ0v) is 20.2. The molecule has 0 unspecified atom stereocenters. The first-order valence-corrected chi connectivity index (χ1v) is 12.6. The van der Waals surface area contributed by atoms with Crippen molar-refractivity contribution in [3.63, 3.8) is 0 Å². The van der Waals surface area contributed by atoms with Gasteiger partial charge < -0.3 is 4.74 Å². The number of benzene rings is 3. The molecule has 1 aliphatic rings. The summed E-state index contributed by atoms with van der Waals surface area (Å²) in [7, 11) is 0. The summed E-state index contributed by atoms with van der Waals surface area (Å²) in [6, 6.07) is 11.3. The lowest BCUT2D eigenvalue weighted by Gasteiger charge is -2.27. The maximum atomic E-state index is 15.2. The van der Waals surface area contributed by atoms with Gasteiger partial charge in [0.2, 0.25) is 0 Å². The Labute approximate surface area is 209 Å². The Morgan fingerprint density at radius 3 is 2.19 bits per heavy atom. The predicted octanol–water partition coefficient (Wildman–Crippen LogP) is 8.96. The third-order valence-corrected chi connectivity index (χ3v) is 7.35. The smallest absolute Gasteiger partial charge is 0.387 e. The molecule has 0 amide bonds. The molecule has 1 nitrogen and oxygen atoms in total. The maximum absolute atomic E-state index is 15.2. The third kappa shape index (κ3) is 6.45. The summed E-state index contributed by atoms with van der Waals surface area (Å²) in [5.74, 6) is -2.34. The highest BCUT2D eigenvalue weighted by molar-refractivity contribution is 5.84. The second kappa shape index (κ2) is 11.9. The van der Waals surface area contributed by atoms with Crippen LogP contribution in [0.4, 0.5) is 22.0 Å². The summed E-state index contributed by atoms with van der Waals surface area (Å²) >= 11 is 0. The quantitative estimate of drug-likeness (QED) is 0.199. The molecule has 0 heterocycles. The molecule has 0 radical (unpaired) electrons. The molecule has 0 aliphatic heterocycles. The zero-order chi connectivity index (χ0) is 25.7. The number of halogens is 5. The van der Waals surface area contributed by atoms with Gasteiger partial charge in [-0.05, 0) is 91.0 Å². The summed E-state index contributed by atoms with van der Waals surface area (Å²) in [5, 5.41) is 1.34. The summed E-state index contributed by atoms with van der Waals surface area (Å²) in [6.45, 7) is 0.524. The molecule has 1 saturated carbocycles. The standard InChI is InChI=1S/C30H31F5O/c1-2-3-19-4-6-20(7-5-19)8-9-21-11-15-25-24(16-21)14-13-23(28(25)33)12-10-22-17-26(31)29(27(32)18-22)36-30(34)35/h2,11,13-20,30H,1,3-10,12H2.